The van der Waals surface area contributed by atoms with Crippen LogP contribution in [0.15, 0.2) is 35.0 Å². The van der Waals surface area contributed by atoms with Gasteiger partial charge in [-0.05, 0) is 32.0 Å². The molecule has 118 valence electrons. The zero-order chi connectivity index (χ0) is 17.1. The summed E-state index contributed by atoms with van der Waals surface area (Å²) in [7, 11) is 0. The van der Waals surface area contributed by atoms with Crippen molar-refractivity contribution in [3.8, 4) is 29.4 Å². The molecular weight excluding hydrogens is 306 g/mol. The normalized spacial score (nSPS) is 10.0. The van der Waals surface area contributed by atoms with E-state index in [9.17, 15) is 10.1 Å². The van der Waals surface area contributed by atoms with Crippen LogP contribution in [0, 0.1) is 23.3 Å². The second-order valence-corrected chi connectivity index (χ2v) is 4.92. The van der Waals surface area contributed by atoms with Gasteiger partial charge in [-0.1, -0.05) is 11.1 Å². The largest absolute Gasteiger partial charge is 0.461 e. The fourth-order valence-electron chi connectivity index (χ4n) is 2.40. The van der Waals surface area contributed by atoms with Crippen LogP contribution >= 0.6 is 0 Å². The number of ether oxygens (including phenoxy) is 1. The fourth-order valence-corrected chi connectivity index (χ4v) is 2.40. The average molecular weight is 319 g/mol. The van der Waals surface area contributed by atoms with E-state index in [2.05, 4.69) is 23.2 Å². The number of nitriles is 1. The van der Waals surface area contributed by atoms with Crippen LogP contribution in [0.25, 0.3) is 22.2 Å². The number of rotatable bonds is 3. The third kappa shape index (κ3) is 2.62. The van der Waals surface area contributed by atoms with Crippen LogP contribution in [-0.2, 0) is 4.74 Å². The predicted molar refractivity (Wildman–Crippen MR) is 87.0 cm³/mol. The molecule has 0 unspecified atom stereocenters. The van der Waals surface area contributed by atoms with Gasteiger partial charge >= 0.3 is 5.97 Å². The number of carbonyl (C=O) groups is 1. The lowest BCUT2D eigenvalue weighted by molar-refractivity contribution is 0.0514. The molecule has 3 aromatic rings. The Bertz CT molecular complexity index is 1030. The molecule has 2 heterocycles. The van der Waals surface area contributed by atoms with Crippen molar-refractivity contribution in [3.05, 3.63) is 41.7 Å². The third-order valence-electron chi connectivity index (χ3n) is 3.44. The summed E-state index contributed by atoms with van der Waals surface area (Å²) >= 11 is 0. The minimum Gasteiger partial charge on any atom is -0.461 e. The highest BCUT2D eigenvalue weighted by atomic mass is 16.5. The molecule has 2 aromatic heterocycles. The predicted octanol–water partition coefficient (Wildman–Crippen LogP) is 3.17. The quantitative estimate of drug-likeness (QED) is 0.547. The number of hydrogen-bond donors (Lipinski definition) is 0. The van der Waals surface area contributed by atoms with Gasteiger partial charge in [0.1, 0.15) is 6.07 Å². The molecule has 24 heavy (non-hydrogen) atoms. The van der Waals surface area contributed by atoms with Gasteiger partial charge in [0.05, 0.1) is 17.7 Å². The maximum Gasteiger partial charge on any atom is 0.360 e. The first-order chi connectivity index (χ1) is 11.7. The maximum absolute atomic E-state index is 11.7. The molecule has 0 radical (unpaired) electrons. The van der Waals surface area contributed by atoms with Crippen LogP contribution in [0.1, 0.15) is 29.9 Å². The first kappa shape index (κ1) is 15.4. The summed E-state index contributed by atoms with van der Waals surface area (Å²) in [6.45, 7) is 3.72. The van der Waals surface area contributed by atoms with Crippen molar-refractivity contribution >= 4 is 16.9 Å². The zero-order valence-corrected chi connectivity index (χ0v) is 13.2. The highest BCUT2D eigenvalue weighted by Gasteiger charge is 2.16. The van der Waals surface area contributed by atoms with E-state index in [0.29, 0.717) is 16.9 Å². The van der Waals surface area contributed by atoms with E-state index in [1.807, 2.05) is 18.2 Å². The molecule has 0 bridgehead atoms. The van der Waals surface area contributed by atoms with Gasteiger partial charge in [0.25, 0.3) is 0 Å². The fraction of sp³-hybridized carbons (Fsp3) is 0.167. The van der Waals surface area contributed by atoms with E-state index < -0.39 is 5.97 Å². The summed E-state index contributed by atoms with van der Waals surface area (Å²) in [5, 5.41) is 13.8. The van der Waals surface area contributed by atoms with Crippen molar-refractivity contribution in [2.45, 2.75) is 13.8 Å². The molecule has 0 saturated carbocycles. The lowest BCUT2D eigenvalue weighted by Gasteiger charge is -1.98. The molecule has 3 rings (SSSR count). The summed E-state index contributed by atoms with van der Waals surface area (Å²) < 4.78 is 11.8. The molecule has 0 spiro atoms. The summed E-state index contributed by atoms with van der Waals surface area (Å²) in [6, 6.07) is 12.1. The number of hydrogen-bond acceptors (Lipinski definition) is 5. The number of esters is 1. The topological polar surface area (TPSA) is 81.0 Å². The van der Waals surface area contributed by atoms with Crippen LogP contribution in [0.5, 0.6) is 0 Å². The van der Waals surface area contributed by atoms with Gasteiger partial charge in [0, 0.05) is 29.3 Å². The average Bonchev–Trinajstić information content (AvgIpc) is 3.20. The molecule has 1 aromatic carbocycles. The summed E-state index contributed by atoms with van der Waals surface area (Å²) in [6.07, 6.45) is 1.69. The number of benzene rings is 1. The van der Waals surface area contributed by atoms with Crippen molar-refractivity contribution in [2.24, 2.45) is 0 Å². The molecule has 6 heteroatoms. The molecule has 0 atom stereocenters. The van der Waals surface area contributed by atoms with Crippen molar-refractivity contribution in [3.63, 3.8) is 0 Å². The van der Waals surface area contributed by atoms with E-state index >= 15 is 0 Å². The van der Waals surface area contributed by atoms with Crippen LogP contribution in [0.2, 0.25) is 0 Å². The van der Waals surface area contributed by atoms with E-state index in [-0.39, 0.29) is 12.3 Å². The van der Waals surface area contributed by atoms with Crippen LogP contribution in [0.3, 0.4) is 0 Å². The van der Waals surface area contributed by atoms with E-state index in [4.69, 9.17) is 9.26 Å². The standard InChI is InChI=1S/C18H13N3O3/c1-3-7-21-11-13(10-19)14-8-12(5-6-16(14)21)17-9-15(20-24-17)18(22)23-4-2/h5-6,8-9,11H,4H2,1-2H3. The van der Waals surface area contributed by atoms with Gasteiger partial charge in [-0.3, -0.25) is 4.57 Å². The molecule has 0 amide bonds. The van der Waals surface area contributed by atoms with Gasteiger partial charge in [-0.2, -0.15) is 5.26 Å². The Morgan fingerprint density at radius 3 is 2.96 bits per heavy atom. The number of carbonyl (C=O) groups excluding carboxylic acids is 1. The molecule has 6 nitrogen and oxygen atoms in total. The van der Waals surface area contributed by atoms with Crippen LogP contribution in [0.4, 0.5) is 0 Å². The monoisotopic (exact) mass is 319 g/mol. The molecule has 0 N–H and O–H groups in total. The zero-order valence-electron chi connectivity index (χ0n) is 13.2. The molecule has 0 aliphatic heterocycles. The van der Waals surface area contributed by atoms with Crippen LogP contribution in [-0.4, -0.2) is 22.3 Å². The Kier molecular flexibility index (Phi) is 4.05. The highest BCUT2D eigenvalue weighted by Crippen LogP contribution is 2.28. The Balaban J connectivity index is 2.06. The Morgan fingerprint density at radius 2 is 2.25 bits per heavy atom. The maximum atomic E-state index is 11.7. The summed E-state index contributed by atoms with van der Waals surface area (Å²) in [5.41, 5.74) is 2.17. The number of aromatic nitrogens is 2. The Morgan fingerprint density at radius 1 is 1.42 bits per heavy atom. The van der Waals surface area contributed by atoms with Crippen molar-refractivity contribution in [1.82, 2.24) is 9.72 Å². The summed E-state index contributed by atoms with van der Waals surface area (Å²) in [5.74, 6) is 2.71. The lowest BCUT2D eigenvalue weighted by Crippen LogP contribution is -2.04. The molecule has 0 fully saturated rings. The van der Waals surface area contributed by atoms with Gasteiger partial charge in [-0.15, -0.1) is 0 Å². The summed E-state index contributed by atoms with van der Waals surface area (Å²) in [4.78, 5) is 11.7. The van der Waals surface area contributed by atoms with Gasteiger partial charge in [-0.25, -0.2) is 4.79 Å². The minimum atomic E-state index is -0.532. The third-order valence-corrected chi connectivity index (χ3v) is 3.44. The first-order valence-electron chi connectivity index (χ1n) is 7.30. The van der Waals surface area contributed by atoms with E-state index in [0.717, 1.165) is 10.9 Å². The molecule has 0 saturated heterocycles. The first-order valence-corrected chi connectivity index (χ1v) is 7.30. The van der Waals surface area contributed by atoms with Crippen LogP contribution < -0.4 is 0 Å². The molecule has 0 aliphatic rings. The lowest BCUT2D eigenvalue weighted by atomic mass is 10.1. The Labute approximate surface area is 138 Å². The van der Waals surface area contributed by atoms with E-state index in [1.54, 1.807) is 24.6 Å². The van der Waals surface area contributed by atoms with Gasteiger partial charge < -0.3 is 9.26 Å². The second kappa shape index (κ2) is 6.31. The second-order valence-electron chi connectivity index (χ2n) is 4.92. The molecular formula is C18H13N3O3. The molecule has 0 aliphatic carbocycles. The SMILES string of the molecule is CC#Cn1cc(C#N)c2cc(-c3cc(C(=O)OCC)no3)ccc21. The highest BCUT2D eigenvalue weighted by molar-refractivity contribution is 5.92. The van der Waals surface area contributed by atoms with Gasteiger partial charge in [0.15, 0.2) is 11.5 Å². The van der Waals surface area contributed by atoms with E-state index in [1.165, 1.54) is 6.07 Å². The smallest absolute Gasteiger partial charge is 0.360 e. The number of fused-ring (bicyclic) bond motifs is 1. The van der Waals surface area contributed by atoms with Crippen molar-refractivity contribution in [1.29, 1.82) is 5.26 Å². The number of nitrogens with zero attached hydrogens (tertiary/aromatic N) is 3. The van der Waals surface area contributed by atoms with Gasteiger partial charge in [0.2, 0.25) is 0 Å². The van der Waals surface area contributed by atoms with Crippen molar-refractivity contribution < 1.29 is 14.1 Å². The Hall–Kier alpha value is -3.51. The minimum absolute atomic E-state index is 0.113. The van der Waals surface area contributed by atoms with Crippen molar-refractivity contribution in [2.75, 3.05) is 6.61 Å².